The molecule has 4 N–H and O–H groups in total. The van der Waals surface area contributed by atoms with Gasteiger partial charge in [-0.05, 0) is 19.3 Å². The first-order chi connectivity index (χ1) is 3.29. The molecule has 0 heterocycles. The standard InChI is InChI=1S/C5H12N2.2ClH/c6-4-1-2-5(7)3-4;;/h4-5H,1-3,6-7H2;2*1H/t4-,5-;;/m1../s1. The maximum atomic E-state index is 5.55. The molecule has 0 bridgehead atoms. The molecule has 9 heavy (non-hydrogen) atoms. The molecule has 1 rings (SSSR count). The van der Waals surface area contributed by atoms with Crippen molar-refractivity contribution < 1.29 is 0 Å². The van der Waals surface area contributed by atoms with Crippen LogP contribution in [-0.4, -0.2) is 12.1 Å². The Bertz CT molecular complexity index is 62.0. The van der Waals surface area contributed by atoms with Crippen molar-refractivity contribution in [2.75, 3.05) is 0 Å². The monoisotopic (exact) mass is 172 g/mol. The van der Waals surface area contributed by atoms with Gasteiger partial charge in [-0.25, -0.2) is 0 Å². The predicted molar refractivity (Wildman–Crippen MR) is 44.3 cm³/mol. The van der Waals surface area contributed by atoms with Crippen LogP contribution in [0.3, 0.4) is 0 Å². The number of halogens is 2. The lowest BCUT2D eigenvalue weighted by Crippen LogP contribution is -2.20. The third kappa shape index (κ3) is 3.98. The van der Waals surface area contributed by atoms with Gasteiger partial charge in [0.25, 0.3) is 0 Å². The van der Waals surface area contributed by atoms with E-state index in [0.717, 1.165) is 19.3 Å². The summed E-state index contributed by atoms with van der Waals surface area (Å²) in [5.41, 5.74) is 11.1. The molecule has 0 spiro atoms. The third-order valence-corrected chi connectivity index (χ3v) is 1.51. The number of nitrogens with two attached hydrogens (primary N) is 2. The molecule has 1 fully saturated rings. The van der Waals surface area contributed by atoms with Gasteiger partial charge in [0.1, 0.15) is 0 Å². The molecular formula is C5H14Cl2N2. The van der Waals surface area contributed by atoms with Crippen LogP contribution >= 0.6 is 24.8 Å². The van der Waals surface area contributed by atoms with Crippen LogP contribution in [0.1, 0.15) is 19.3 Å². The maximum Gasteiger partial charge on any atom is 0.00541 e. The summed E-state index contributed by atoms with van der Waals surface area (Å²) in [5.74, 6) is 0. The van der Waals surface area contributed by atoms with E-state index in [9.17, 15) is 0 Å². The quantitative estimate of drug-likeness (QED) is 0.565. The summed E-state index contributed by atoms with van der Waals surface area (Å²) < 4.78 is 0. The Morgan fingerprint density at radius 2 is 1.22 bits per heavy atom. The van der Waals surface area contributed by atoms with Gasteiger partial charge in [0.2, 0.25) is 0 Å². The van der Waals surface area contributed by atoms with Crippen molar-refractivity contribution in [2.45, 2.75) is 31.3 Å². The van der Waals surface area contributed by atoms with Crippen LogP contribution in [0.4, 0.5) is 0 Å². The second-order valence-corrected chi connectivity index (χ2v) is 2.33. The zero-order chi connectivity index (χ0) is 5.28. The Morgan fingerprint density at radius 3 is 1.33 bits per heavy atom. The van der Waals surface area contributed by atoms with Crippen molar-refractivity contribution in [1.29, 1.82) is 0 Å². The smallest absolute Gasteiger partial charge is 0.00541 e. The molecule has 0 unspecified atom stereocenters. The highest BCUT2D eigenvalue weighted by Gasteiger charge is 2.16. The fourth-order valence-corrected chi connectivity index (χ4v) is 1.05. The fourth-order valence-electron chi connectivity index (χ4n) is 1.05. The summed E-state index contributed by atoms with van der Waals surface area (Å²) >= 11 is 0. The minimum atomic E-state index is 0. The topological polar surface area (TPSA) is 52.0 Å². The first-order valence-corrected chi connectivity index (χ1v) is 2.80. The van der Waals surface area contributed by atoms with Gasteiger partial charge in [0.05, 0.1) is 0 Å². The van der Waals surface area contributed by atoms with Crippen LogP contribution in [0.2, 0.25) is 0 Å². The first kappa shape index (κ1) is 12.2. The van der Waals surface area contributed by atoms with Crippen molar-refractivity contribution in [1.82, 2.24) is 0 Å². The summed E-state index contributed by atoms with van der Waals surface area (Å²) in [6.45, 7) is 0. The lowest BCUT2D eigenvalue weighted by Gasteiger charge is -1.97. The summed E-state index contributed by atoms with van der Waals surface area (Å²) in [4.78, 5) is 0. The van der Waals surface area contributed by atoms with Gasteiger partial charge in [0, 0.05) is 12.1 Å². The van der Waals surface area contributed by atoms with Crippen molar-refractivity contribution in [3.8, 4) is 0 Å². The summed E-state index contributed by atoms with van der Waals surface area (Å²) in [6.07, 6.45) is 3.28. The molecule has 0 aromatic rings. The van der Waals surface area contributed by atoms with E-state index in [1.807, 2.05) is 0 Å². The Morgan fingerprint density at radius 1 is 0.889 bits per heavy atom. The van der Waals surface area contributed by atoms with E-state index in [-0.39, 0.29) is 24.8 Å². The molecule has 1 aliphatic carbocycles. The first-order valence-electron chi connectivity index (χ1n) is 2.80. The molecule has 0 aromatic carbocycles. The summed E-state index contributed by atoms with van der Waals surface area (Å²) in [6, 6.07) is 0.796. The summed E-state index contributed by atoms with van der Waals surface area (Å²) in [7, 11) is 0. The normalized spacial score (nSPS) is 32.7. The molecule has 4 heteroatoms. The summed E-state index contributed by atoms with van der Waals surface area (Å²) in [5, 5.41) is 0. The van der Waals surface area contributed by atoms with Gasteiger partial charge < -0.3 is 11.5 Å². The zero-order valence-electron chi connectivity index (χ0n) is 5.25. The fraction of sp³-hybridized carbons (Fsp3) is 1.00. The van der Waals surface area contributed by atoms with E-state index >= 15 is 0 Å². The molecule has 0 aromatic heterocycles. The van der Waals surface area contributed by atoms with E-state index < -0.39 is 0 Å². The van der Waals surface area contributed by atoms with Gasteiger partial charge in [-0.15, -0.1) is 24.8 Å². The van der Waals surface area contributed by atoms with Crippen molar-refractivity contribution in [2.24, 2.45) is 11.5 Å². The Hall–Kier alpha value is 0.500. The van der Waals surface area contributed by atoms with E-state index in [1.165, 1.54) is 0 Å². The Kier molecular flexibility index (Phi) is 7.18. The average Bonchev–Trinajstić information content (AvgIpc) is 1.87. The van der Waals surface area contributed by atoms with E-state index in [4.69, 9.17) is 11.5 Å². The van der Waals surface area contributed by atoms with Crippen LogP contribution in [0.25, 0.3) is 0 Å². The third-order valence-electron chi connectivity index (χ3n) is 1.51. The van der Waals surface area contributed by atoms with Crippen LogP contribution in [0.5, 0.6) is 0 Å². The SMILES string of the molecule is Cl.Cl.N[C@@H]1CC[C@@H](N)C1. The van der Waals surface area contributed by atoms with E-state index in [1.54, 1.807) is 0 Å². The van der Waals surface area contributed by atoms with Crippen LogP contribution in [0, 0.1) is 0 Å². The van der Waals surface area contributed by atoms with Gasteiger partial charge in [0.15, 0.2) is 0 Å². The molecule has 2 atom stereocenters. The Labute approximate surface area is 68.2 Å². The van der Waals surface area contributed by atoms with Gasteiger partial charge in [-0.2, -0.15) is 0 Å². The molecule has 0 radical (unpaired) electrons. The van der Waals surface area contributed by atoms with Gasteiger partial charge in [-0.1, -0.05) is 0 Å². The number of hydrogen-bond acceptors (Lipinski definition) is 2. The van der Waals surface area contributed by atoms with Crippen molar-refractivity contribution in [3.63, 3.8) is 0 Å². The van der Waals surface area contributed by atoms with Crippen LogP contribution < -0.4 is 11.5 Å². The average molecular weight is 173 g/mol. The van der Waals surface area contributed by atoms with Crippen LogP contribution in [-0.2, 0) is 0 Å². The van der Waals surface area contributed by atoms with E-state index in [0.29, 0.717) is 12.1 Å². The van der Waals surface area contributed by atoms with E-state index in [2.05, 4.69) is 0 Å². The molecule has 1 aliphatic rings. The highest BCUT2D eigenvalue weighted by molar-refractivity contribution is 5.85. The van der Waals surface area contributed by atoms with Gasteiger partial charge in [-0.3, -0.25) is 0 Å². The number of hydrogen-bond donors (Lipinski definition) is 2. The minimum absolute atomic E-state index is 0. The van der Waals surface area contributed by atoms with Crippen molar-refractivity contribution >= 4 is 24.8 Å². The number of rotatable bonds is 0. The second kappa shape index (κ2) is 5.30. The zero-order valence-corrected chi connectivity index (χ0v) is 6.88. The predicted octanol–water partition coefficient (Wildman–Crippen LogP) is 0.668. The lowest BCUT2D eigenvalue weighted by molar-refractivity contribution is 0.666. The maximum absolute atomic E-state index is 5.55. The molecule has 2 nitrogen and oxygen atoms in total. The minimum Gasteiger partial charge on any atom is -0.328 e. The van der Waals surface area contributed by atoms with Gasteiger partial charge >= 0.3 is 0 Å². The molecule has 0 saturated heterocycles. The van der Waals surface area contributed by atoms with Crippen LogP contribution in [0.15, 0.2) is 0 Å². The second-order valence-electron chi connectivity index (χ2n) is 2.33. The molecule has 0 amide bonds. The van der Waals surface area contributed by atoms with Crippen molar-refractivity contribution in [3.05, 3.63) is 0 Å². The lowest BCUT2D eigenvalue weighted by atomic mass is 10.2. The molecule has 1 saturated carbocycles. The largest absolute Gasteiger partial charge is 0.328 e. The molecular weight excluding hydrogens is 159 g/mol. The Balaban J connectivity index is 0. The highest BCUT2D eigenvalue weighted by atomic mass is 35.5. The highest BCUT2D eigenvalue weighted by Crippen LogP contribution is 2.13. The molecule has 0 aliphatic heterocycles. The molecule has 58 valence electrons.